The zero-order valence-electron chi connectivity index (χ0n) is 36.7. The first-order valence-corrected chi connectivity index (χ1v) is 25.5. The van der Waals surface area contributed by atoms with Crippen LogP contribution in [-0.4, -0.2) is 57.8 Å². The third-order valence-corrected chi connectivity index (χ3v) is 11.6. The number of hydrogen-bond donors (Lipinski definition) is 4. The summed E-state index contributed by atoms with van der Waals surface area (Å²) in [7, 11) is -3.45. The summed E-state index contributed by atoms with van der Waals surface area (Å²) in [5.74, 6) is -1.84. The molecule has 0 bridgehead atoms. The normalized spacial score (nSPS) is 11.9. The molecule has 0 amide bonds. The van der Waals surface area contributed by atoms with E-state index in [0.717, 1.165) is 17.4 Å². The summed E-state index contributed by atoms with van der Waals surface area (Å²) in [6, 6.07) is 21.4. The zero-order chi connectivity index (χ0) is 51.7. The number of aliphatic hydroxyl groups is 2. The molecule has 6 N–H and O–H groups in total. The predicted molar refractivity (Wildman–Crippen MR) is 306 cm³/mol. The van der Waals surface area contributed by atoms with E-state index in [9.17, 15) is 30.4 Å². The molecule has 0 unspecified atom stereocenters. The van der Waals surface area contributed by atoms with Crippen molar-refractivity contribution in [1.82, 2.24) is 0 Å². The molecule has 410 valence electrons. The second-order valence-electron chi connectivity index (χ2n) is 14.6. The monoisotopic (exact) mass is 1370 g/mol. The molecule has 13 nitrogen and oxygen atoms in total. The van der Waals surface area contributed by atoms with Crippen LogP contribution < -0.4 is 11.5 Å². The van der Waals surface area contributed by atoms with Crippen LogP contribution >= 0.6 is 79.6 Å². The summed E-state index contributed by atoms with van der Waals surface area (Å²) in [6.07, 6.45) is 0.987. The van der Waals surface area contributed by atoms with Gasteiger partial charge in [0, 0.05) is 69.8 Å². The lowest BCUT2D eigenvalue weighted by atomic mass is 10.0. The van der Waals surface area contributed by atoms with Gasteiger partial charge in [0.1, 0.15) is 29.1 Å². The van der Waals surface area contributed by atoms with Crippen LogP contribution in [0.2, 0.25) is 0 Å². The molecule has 0 heterocycles. The molecule has 0 aromatic heterocycles. The molecule has 0 radical (unpaired) electrons. The van der Waals surface area contributed by atoms with Gasteiger partial charge in [-0.1, -0.05) is 148 Å². The van der Waals surface area contributed by atoms with Gasteiger partial charge in [0.15, 0.2) is 0 Å². The van der Waals surface area contributed by atoms with Crippen LogP contribution in [-0.2, 0) is 14.3 Å². The number of nitrogens with two attached hydrogens (primary N) is 2. The fourth-order valence-electron chi connectivity index (χ4n) is 5.18. The van der Waals surface area contributed by atoms with Crippen molar-refractivity contribution in [2.24, 2.45) is 21.7 Å². The number of benzene rings is 5. The zero-order valence-corrected chi connectivity index (χ0v) is 45.5. The number of hydrogen-bond acceptors (Lipinski definition) is 9. The minimum absolute atomic E-state index is 0. The molecule has 5 rings (SSSR count). The molecule has 24 heteroatoms. The smallest absolute Gasteiger partial charge is 0.264 e. The molecule has 0 aliphatic heterocycles. The van der Waals surface area contributed by atoms with Crippen LogP contribution in [0.15, 0.2) is 124 Å². The van der Waals surface area contributed by atoms with Crippen molar-refractivity contribution in [3.63, 3.8) is 0 Å². The average molecular weight is 1380 g/mol. The number of halogens is 10. The minimum atomic E-state index is -3.45. The van der Waals surface area contributed by atoms with Crippen LogP contribution in [0, 0.1) is 29.1 Å². The molecule has 0 aliphatic rings. The van der Waals surface area contributed by atoms with E-state index < -0.39 is 22.2 Å². The maximum absolute atomic E-state index is 13.1. The Morgan fingerprint density at radius 3 is 1.10 bits per heavy atom. The Bertz CT molecular complexity index is 2370. The highest BCUT2D eigenvalue weighted by Crippen LogP contribution is 2.25. The quantitative estimate of drug-likeness (QED) is 0.0276. The van der Waals surface area contributed by atoms with Crippen LogP contribution in [0.25, 0.3) is 20.9 Å². The first kappa shape index (κ1) is 78.4. The van der Waals surface area contributed by atoms with Crippen molar-refractivity contribution in [2.45, 2.75) is 87.7 Å². The molecule has 5 atom stereocenters. The Balaban J connectivity index is -0.000000260. The van der Waals surface area contributed by atoms with Crippen LogP contribution in [0.1, 0.15) is 116 Å². The highest BCUT2D eigenvalue weighted by atomic mass is 79.9. The van der Waals surface area contributed by atoms with Gasteiger partial charge in [0.25, 0.3) is 10.1 Å². The highest BCUT2D eigenvalue weighted by Gasteiger charge is 2.13. The first-order chi connectivity index (χ1) is 31.8. The topological polar surface area (TPSA) is 233 Å². The second-order valence-corrected chi connectivity index (χ2v) is 20.8. The van der Waals surface area contributed by atoms with Gasteiger partial charge in [-0.25, -0.2) is 22.0 Å². The number of nitrogens with zero attached hydrogens (tertiary/aromatic N) is 6. The minimum Gasteiger partial charge on any atom is -0.396 e. The summed E-state index contributed by atoms with van der Waals surface area (Å²) in [4.78, 5) is 5.25. The number of azide groups is 2. The van der Waals surface area contributed by atoms with Crippen LogP contribution in [0.5, 0.6) is 0 Å². The fraction of sp³-hybridized carbons (Fsp3) is 0.388. The van der Waals surface area contributed by atoms with E-state index in [4.69, 9.17) is 32.7 Å². The van der Waals surface area contributed by atoms with Gasteiger partial charge in [-0.15, -0.1) is 0 Å². The lowest BCUT2D eigenvalue weighted by Gasteiger charge is -2.11. The molecule has 0 aliphatic carbocycles. The molecule has 5 aromatic carbocycles. The summed E-state index contributed by atoms with van der Waals surface area (Å²) >= 11 is 15.9. The van der Waals surface area contributed by atoms with E-state index in [2.05, 4.69) is 104 Å². The van der Waals surface area contributed by atoms with E-state index in [1.165, 1.54) is 60.7 Å². The van der Waals surface area contributed by atoms with E-state index in [-0.39, 0.29) is 110 Å². The molecule has 0 spiro atoms. The van der Waals surface area contributed by atoms with Gasteiger partial charge < -0.3 is 21.7 Å². The van der Waals surface area contributed by atoms with Crippen molar-refractivity contribution >= 4 is 89.8 Å². The number of aliphatic hydroxyl groups excluding tert-OH is 2. The molecule has 0 saturated heterocycles. The average Bonchev–Trinajstić information content (AvgIpc) is 3.25. The summed E-state index contributed by atoms with van der Waals surface area (Å²) in [6.45, 7) is 5.82. The second kappa shape index (κ2) is 40.8. The third kappa shape index (κ3) is 33.9. The van der Waals surface area contributed by atoms with Gasteiger partial charge in [0.2, 0.25) is 0 Å². The largest absolute Gasteiger partial charge is 0.396 e. The van der Waals surface area contributed by atoms with Gasteiger partial charge >= 0.3 is 0 Å². The Kier molecular flexibility index (Phi) is 43.8. The predicted octanol–water partition coefficient (Wildman–Crippen LogP) is 17.0. The van der Waals surface area contributed by atoms with Gasteiger partial charge in [0.05, 0.1) is 25.5 Å². The molecule has 0 fully saturated rings. The Labute approximate surface area is 470 Å². The standard InChI is InChI=1S/C10H12BrFO3S.C9H9BrFN3.C9H10BrFO.C8H8BrFN4.C8H9BrFNO.5CH4/c1-7(6-15-16(2,13)14)8-3-9(11)5-10(12)4-8;1-6(5-13-14-12)7-2-8(10)4-9(11)3-7;1-6(5-12)7-2-8(10)4-9(11)3-7;9-6-1-5(2-7(10)3-6)8(11)4-13-14-12;9-6-1-5(8(11)4-12)2-7(10)3-6;;;;;/h3-5,7H,6H2,1-2H3;2-4,6H,5H2,1H3;2-4,6,12H,5H2,1H3;1-3,8H,4,11H2;1-3,8,12H,4,11H2;5*1H4/t7-;2*6-;2*8-;;;;;/m11111...../s1. The SMILES string of the molecule is C.C.C.C.C.C[C@H](CN=[N+]=[N-])c1cc(F)cc(Br)c1.C[C@H](CO)c1cc(F)cc(Br)c1.C[C@H](COS(C)(=O)=O)c1cc(F)cc(Br)c1.N[C@H](CO)c1cc(F)cc(Br)c1.[N-]=[N+]=NC[C@@H](N)c1cc(F)cc(Br)c1. The van der Waals surface area contributed by atoms with Crippen LogP contribution in [0.4, 0.5) is 22.0 Å². The Morgan fingerprint density at radius 1 is 0.507 bits per heavy atom. The van der Waals surface area contributed by atoms with E-state index in [0.29, 0.717) is 45.6 Å². The van der Waals surface area contributed by atoms with Crippen molar-refractivity contribution in [2.75, 3.05) is 39.2 Å². The van der Waals surface area contributed by atoms with Crippen molar-refractivity contribution < 1.29 is 44.8 Å². The Morgan fingerprint density at radius 2 is 0.795 bits per heavy atom. The van der Waals surface area contributed by atoms with Gasteiger partial charge in [-0.2, -0.15) is 8.42 Å². The first-order valence-electron chi connectivity index (χ1n) is 19.7. The molecule has 0 saturated carbocycles. The van der Waals surface area contributed by atoms with Crippen LogP contribution in [0.3, 0.4) is 0 Å². The van der Waals surface area contributed by atoms with Crippen molar-refractivity contribution in [3.05, 3.63) is 191 Å². The summed E-state index contributed by atoms with van der Waals surface area (Å²) in [5, 5.41) is 24.3. The van der Waals surface area contributed by atoms with Crippen molar-refractivity contribution in [1.29, 1.82) is 0 Å². The van der Waals surface area contributed by atoms with E-state index in [1.54, 1.807) is 25.1 Å². The van der Waals surface area contributed by atoms with E-state index >= 15 is 0 Å². The fourth-order valence-corrected chi connectivity index (χ4v) is 8.05. The van der Waals surface area contributed by atoms with Gasteiger partial charge in [-0.3, -0.25) is 4.18 Å². The maximum atomic E-state index is 13.1. The lowest BCUT2D eigenvalue weighted by Crippen LogP contribution is -2.14. The number of rotatable bonds is 14. The van der Waals surface area contributed by atoms with E-state index in [1.807, 2.05) is 26.0 Å². The van der Waals surface area contributed by atoms with Crippen molar-refractivity contribution in [3.8, 4) is 0 Å². The summed E-state index contributed by atoms with van der Waals surface area (Å²) < 4.78 is 94.1. The molecule has 5 aromatic rings. The van der Waals surface area contributed by atoms with Gasteiger partial charge in [-0.05, 0) is 136 Å². The highest BCUT2D eigenvalue weighted by molar-refractivity contribution is 9.11. The molecule has 73 heavy (non-hydrogen) atoms. The molecular formula is C49H68Br5F5N8O5S. The third-order valence-electron chi connectivity index (χ3n) is 8.75. The lowest BCUT2D eigenvalue weighted by molar-refractivity contribution is 0.267. The maximum Gasteiger partial charge on any atom is 0.264 e. The molecular weight excluding hydrogens is 1310 g/mol. The summed E-state index contributed by atoms with van der Waals surface area (Å²) in [5.41, 5.74) is 30.9. The Hall–Kier alpha value is -3.48.